The maximum Gasteiger partial charge on any atom is 0.266 e. The van der Waals surface area contributed by atoms with Gasteiger partial charge in [-0.1, -0.05) is 63.6 Å². The molecule has 0 spiro atoms. The third-order valence-electron chi connectivity index (χ3n) is 3.74. The van der Waals surface area contributed by atoms with Gasteiger partial charge in [-0.25, -0.2) is 0 Å². The van der Waals surface area contributed by atoms with Crippen molar-refractivity contribution < 1.29 is 9.63 Å². The Morgan fingerprint density at radius 3 is 2.78 bits per heavy atom. The van der Waals surface area contributed by atoms with Crippen molar-refractivity contribution in [2.24, 2.45) is 5.16 Å². The van der Waals surface area contributed by atoms with Crippen molar-refractivity contribution >= 4 is 27.5 Å². The highest BCUT2D eigenvalue weighted by Crippen LogP contribution is 2.21. The van der Waals surface area contributed by atoms with E-state index in [1.54, 1.807) is 11.9 Å². The Labute approximate surface area is 143 Å². The molecule has 1 atom stereocenters. The van der Waals surface area contributed by atoms with Gasteiger partial charge in [-0.2, -0.15) is 0 Å². The molecule has 0 saturated carbocycles. The molecule has 0 saturated heterocycles. The van der Waals surface area contributed by atoms with Crippen LogP contribution in [0.3, 0.4) is 0 Å². The lowest BCUT2D eigenvalue weighted by Crippen LogP contribution is -2.36. The summed E-state index contributed by atoms with van der Waals surface area (Å²) < 4.78 is 0.980. The Hall–Kier alpha value is -2.14. The zero-order chi connectivity index (χ0) is 16.2. The molecule has 118 valence electrons. The number of hydrogen-bond acceptors (Lipinski definition) is 3. The van der Waals surface area contributed by atoms with Crippen molar-refractivity contribution in [2.45, 2.75) is 19.1 Å². The first-order valence-electron chi connectivity index (χ1n) is 7.41. The summed E-state index contributed by atoms with van der Waals surface area (Å²) in [7, 11) is 1.79. The van der Waals surface area contributed by atoms with Gasteiger partial charge in [0.05, 0.1) is 5.71 Å². The van der Waals surface area contributed by atoms with E-state index in [1.165, 1.54) is 0 Å². The normalized spacial score (nSPS) is 16.6. The average molecular weight is 373 g/mol. The molecule has 0 bridgehead atoms. The summed E-state index contributed by atoms with van der Waals surface area (Å²) in [6, 6.07) is 17.7. The molecular formula is C18H17BrN2O2. The number of carbonyl (C=O) groups excluding carboxylic acids is 1. The number of hydrogen-bond donors (Lipinski definition) is 0. The standard InChI is InChI=1S/C18H17BrN2O2/c1-21(12-13-6-3-2-4-7-13)18(22)17-11-16(20-23-17)14-8-5-9-15(19)10-14/h2-10,17H,11-12H2,1H3. The van der Waals surface area contributed by atoms with Gasteiger partial charge in [0.1, 0.15) is 0 Å². The van der Waals surface area contributed by atoms with Gasteiger partial charge in [-0.3, -0.25) is 4.79 Å². The van der Waals surface area contributed by atoms with Crippen molar-refractivity contribution in [2.75, 3.05) is 7.05 Å². The minimum Gasteiger partial charge on any atom is -0.382 e. The Kier molecular flexibility index (Phi) is 4.76. The highest BCUT2D eigenvalue weighted by Gasteiger charge is 2.31. The number of halogens is 1. The molecule has 2 aromatic rings. The topological polar surface area (TPSA) is 41.9 Å². The van der Waals surface area contributed by atoms with Crippen LogP contribution < -0.4 is 0 Å². The van der Waals surface area contributed by atoms with Crippen LogP contribution in [0.25, 0.3) is 0 Å². The van der Waals surface area contributed by atoms with Crippen LogP contribution in [0.15, 0.2) is 64.2 Å². The fourth-order valence-corrected chi connectivity index (χ4v) is 2.93. The molecule has 0 aliphatic carbocycles. The van der Waals surface area contributed by atoms with Crippen LogP contribution in [-0.4, -0.2) is 29.7 Å². The first-order valence-corrected chi connectivity index (χ1v) is 8.20. The molecule has 0 aromatic heterocycles. The molecule has 1 heterocycles. The Morgan fingerprint density at radius 2 is 2.04 bits per heavy atom. The minimum atomic E-state index is -0.544. The van der Waals surface area contributed by atoms with Crippen LogP contribution >= 0.6 is 15.9 Å². The van der Waals surface area contributed by atoms with Crippen molar-refractivity contribution in [1.82, 2.24) is 4.90 Å². The number of oxime groups is 1. The van der Waals surface area contributed by atoms with Crippen LogP contribution in [0.2, 0.25) is 0 Å². The van der Waals surface area contributed by atoms with E-state index in [1.807, 2.05) is 54.6 Å². The van der Waals surface area contributed by atoms with E-state index in [0.29, 0.717) is 13.0 Å². The fraction of sp³-hybridized carbons (Fsp3) is 0.222. The largest absolute Gasteiger partial charge is 0.382 e. The molecule has 1 aliphatic rings. The zero-order valence-corrected chi connectivity index (χ0v) is 14.4. The average Bonchev–Trinajstić information content (AvgIpc) is 3.05. The summed E-state index contributed by atoms with van der Waals surface area (Å²) in [5.74, 6) is -0.0531. The number of likely N-dealkylation sites (N-methyl/N-ethyl adjacent to an activating group) is 1. The van der Waals surface area contributed by atoms with Gasteiger partial charge in [0, 0.05) is 30.0 Å². The third kappa shape index (κ3) is 3.79. The maximum atomic E-state index is 12.5. The Morgan fingerprint density at radius 1 is 1.26 bits per heavy atom. The lowest BCUT2D eigenvalue weighted by molar-refractivity contribution is -0.141. The van der Waals surface area contributed by atoms with Crippen LogP contribution in [0.4, 0.5) is 0 Å². The van der Waals surface area contributed by atoms with Gasteiger partial charge in [0.25, 0.3) is 5.91 Å². The molecule has 3 rings (SSSR count). The number of rotatable bonds is 4. The molecule has 0 radical (unpaired) electrons. The smallest absolute Gasteiger partial charge is 0.266 e. The van der Waals surface area contributed by atoms with Crippen molar-refractivity contribution in [3.05, 3.63) is 70.2 Å². The first kappa shape index (κ1) is 15.7. The highest BCUT2D eigenvalue weighted by molar-refractivity contribution is 9.10. The number of benzene rings is 2. The monoisotopic (exact) mass is 372 g/mol. The quantitative estimate of drug-likeness (QED) is 0.822. The van der Waals surface area contributed by atoms with Crippen molar-refractivity contribution in [1.29, 1.82) is 0 Å². The maximum absolute atomic E-state index is 12.5. The lowest BCUT2D eigenvalue weighted by Gasteiger charge is -2.19. The molecule has 1 amide bonds. The Balaban J connectivity index is 1.62. The predicted octanol–water partition coefficient (Wildman–Crippen LogP) is 3.60. The van der Waals surface area contributed by atoms with Gasteiger partial charge in [-0.05, 0) is 17.7 Å². The van der Waals surface area contributed by atoms with E-state index in [2.05, 4.69) is 21.1 Å². The van der Waals surface area contributed by atoms with Gasteiger partial charge in [0.15, 0.2) is 0 Å². The lowest BCUT2D eigenvalue weighted by atomic mass is 10.0. The number of nitrogens with zero attached hydrogens (tertiary/aromatic N) is 2. The van der Waals surface area contributed by atoms with Crippen LogP contribution in [0.5, 0.6) is 0 Å². The second-order valence-corrected chi connectivity index (χ2v) is 6.44. The predicted molar refractivity (Wildman–Crippen MR) is 93.1 cm³/mol. The van der Waals surface area contributed by atoms with Crippen LogP contribution in [-0.2, 0) is 16.2 Å². The summed E-state index contributed by atoms with van der Waals surface area (Å²) in [5, 5.41) is 4.09. The molecule has 1 aliphatic heterocycles. The van der Waals surface area contributed by atoms with Gasteiger partial charge >= 0.3 is 0 Å². The van der Waals surface area contributed by atoms with E-state index in [0.717, 1.165) is 21.3 Å². The van der Waals surface area contributed by atoms with E-state index in [4.69, 9.17) is 4.84 Å². The molecule has 0 N–H and O–H groups in total. The van der Waals surface area contributed by atoms with Gasteiger partial charge < -0.3 is 9.74 Å². The Bertz CT molecular complexity index is 731. The molecule has 4 nitrogen and oxygen atoms in total. The van der Waals surface area contributed by atoms with Crippen LogP contribution in [0, 0.1) is 0 Å². The number of carbonyl (C=O) groups is 1. The summed E-state index contributed by atoms with van der Waals surface area (Å²) >= 11 is 3.44. The first-order chi connectivity index (χ1) is 11.1. The molecule has 1 unspecified atom stereocenters. The molecule has 23 heavy (non-hydrogen) atoms. The number of amides is 1. The van der Waals surface area contributed by atoms with Crippen LogP contribution in [0.1, 0.15) is 17.5 Å². The summed E-state index contributed by atoms with van der Waals surface area (Å²) in [5.41, 5.74) is 2.87. The molecule has 2 aromatic carbocycles. The van der Waals surface area contributed by atoms with E-state index in [-0.39, 0.29) is 5.91 Å². The van der Waals surface area contributed by atoms with Crippen molar-refractivity contribution in [3.8, 4) is 0 Å². The fourth-order valence-electron chi connectivity index (χ4n) is 2.53. The summed E-state index contributed by atoms with van der Waals surface area (Å²) in [6.07, 6.45) is -0.0493. The minimum absolute atomic E-state index is 0.0531. The van der Waals surface area contributed by atoms with E-state index < -0.39 is 6.10 Å². The summed E-state index contributed by atoms with van der Waals surface area (Å²) in [4.78, 5) is 19.6. The second-order valence-electron chi connectivity index (χ2n) is 5.53. The van der Waals surface area contributed by atoms with E-state index >= 15 is 0 Å². The second kappa shape index (κ2) is 6.96. The third-order valence-corrected chi connectivity index (χ3v) is 4.23. The van der Waals surface area contributed by atoms with Gasteiger partial charge in [-0.15, -0.1) is 0 Å². The van der Waals surface area contributed by atoms with Gasteiger partial charge in [0.2, 0.25) is 6.10 Å². The summed E-state index contributed by atoms with van der Waals surface area (Å²) in [6.45, 7) is 0.561. The zero-order valence-electron chi connectivity index (χ0n) is 12.8. The van der Waals surface area contributed by atoms with E-state index in [9.17, 15) is 4.79 Å². The molecule has 0 fully saturated rings. The highest BCUT2D eigenvalue weighted by atomic mass is 79.9. The SMILES string of the molecule is CN(Cc1ccccc1)C(=O)C1CC(c2cccc(Br)c2)=NO1. The molecular weight excluding hydrogens is 356 g/mol. The van der Waals surface area contributed by atoms with Crippen molar-refractivity contribution in [3.63, 3.8) is 0 Å². The molecule has 5 heteroatoms.